The van der Waals surface area contributed by atoms with Crippen molar-refractivity contribution < 1.29 is 27.5 Å². The van der Waals surface area contributed by atoms with Gasteiger partial charge in [-0.05, 0) is 36.8 Å². The molecule has 2 heterocycles. The van der Waals surface area contributed by atoms with Gasteiger partial charge in [0.2, 0.25) is 11.8 Å². The summed E-state index contributed by atoms with van der Waals surface area (Å²) in [4.78, 5) is 30.2. The number of hydrazine groups is 1. The highest BCUT2D eigenvalue weighted by Gasteiger charge is 2.33. The van der Waals surface area contributed by atoms with Crippen LogP contribution in [-0.4, -0.2) is 68.8 Å². The molecule has 2 aromatic rings. The molecule has 0 bridgehead atoms. The number of hydrogen-bond acceptors (Lipinski definition) is 7. The van der Waals surface area contributed by atoms with Gasteiger partial charge in [-0.3, -0.25) is 9.59 Å². The van der Waals surface area contributed by atoms with Gasteiger partial charge < -0.3 is 9.47 Å². The first-order valence-electron chi connectivity index (χ1n) is 8.79. The van der Waals surface area contributed by atoms with Crippen LogP contribution in [0.25, 0.3) is 0 Å². The van der Waals surface area contributed by atoms with Crippen LogP contribution >= 0.6 is 0 Å². The fourth-order valence-electron chi connectivity index (χ4n) is 3.02. The summed E-state index contributed by atoms with van der Waals surface area (Å²) in [6, 6.07) is 8.71. The van der Waals surface area contributed by atoms with Crippen LogP contribution in [0.3, 0.4) is 0 Å². The average Bonchev–Trinajstić information content (AvgIpc) is 3.21. The van der Waals surface area contributed by atoms with Crippen molar-refractivity contribution in [3.63, 3.8) is 0 Å². The Kier molecular flexibility index (Phi) is 5.73. The molecule has 1 aromatic carbocycles. The van der Waals surface area contributed by atoms with Gasteiger partial charge in [-0.15, -0.1) is 0 Å². The first-order valence-corrected chi connectivity index (χ1v) is 10.7. The number of aromatic nitrogens is 1. The molecule has 0 aliphatic carbocycles. The van der Waals surface area contributed by atoms with Crippen molar-refractivity contribution >= 4 is 21.7 Å². The molecule has 0 spiro atoms. The van der Waals surface area contributed by atoms with Gasteiger partial charge in [0.1, 0.15) is 5.56 Å². The zero-order valence-electron chi connectivity index (χ0n) is 16.3. The lowest BCUT2D eigenvalue weighted by Crippen LogP contribution is -2.45. The van der Waals surface area contributed by atoms with E-state index in [0.717, 1.165) is 6.26 Å². The summed E-state index contributed by atoms with van der Waals surface area (Å²) >= 11 is 0. The second-order valence-corrected chi connectivity index (χ2v) is 8.43. The predicted molar refractivity (Wildman–Crippen MR) is 104 cm³/mol. The number of benzene rings is 1. The van der Waals surface area contributed by atoms with Crippen molar-refractivity contribution in [1.29, 1.82) is 0 Å². The number of methoxy groups -OCH3 is 2. The zero-order chi connectivity index (χ0) is 21.2. The van der Waals surface area contributed by atoms with E-state index in [1.165, 1.54) is 54.6 Å². The Bertz CT molecular complexity index is 1040. The predicted octanol–water partition coefficient (Wildman–Crippen LogP) is 1.41. The number of hydrogen-bond donors (Lipinski definition) is 0. The number of amides is 2. The number of sulfone groups is 1. The summed E-state index contributed by atoms with van der Waals surface area (Å²) < 4.78 is 33.4. The van der Waals surface area contributed by atoms with E-state index in [9.17, 15) is 18.0 Å². The minimum atomic E-state index is -3.36. The summed E-state index contributed by atoms with van der Waals surface area (Å²) in [6.07, 6.45) is 1.71. The van der Waals surface area contributed by atoms with Crippen molar-refractivity contribution in [2.24, 2.45) is 0 Å². The molecule has 29 heavy (non-hydrogen) atoms. The highest BCUT2D eigenvalue weighted by molar-refractivity contribution is 7.90. The van der Waals surface area contributed by atoms with Crippen LogP contribution < -0.4 is 9.47 Å². The van der Waals surface area contributed by atoms with E-state index in [2.05, 4.69) is 4.98 Å². The number of pyridine rings is 1. The van der Waals surface area contributed by atoms with E-state index >= 15 is 0 Å². The van der Waals surface area contributed by atoms with Crippen LogP contribution in [0.2, 0.25) is 0 Å². The number of nitrogens with zero attached hydrogens (tertiary/aromatic N) is 3. The Balaban J connectivity index is 1.86. The van der Waals surface area contributed by atoms with Gasteiger partial charge in [-0.25, -0.2) is 18.4 Å². The summed E-state index contributed by atoms with van der Waals surface area (Å²) in [5.74, 6) is -0.406. The van der Waals surface area contributed by atoms with Crippen LogP contribution in [0.4, 0.5) is 0 Å². The van der Waals surface area contributed by atoms with Gasteiger partial charge in [0.15, 0.2) is 9.84 Å². The van der Waals surface area contributed by atoms with Gasteiger partial charge in [0.25, 0.3) is 11.8 Å². The third kappa shape index (κ3) is 4.16. The summed E-state index contributed by atoms with van der Waals surface area (Å²) in [5, 5.41) is 2.69. The SMILES string of the molecule is COc1ccc(C(=O)N2CCCN2C(=O)c2ccc(S(C)(=O)=O)cc2)c(OC)n1. The van der Waals surface area contributed by atoms with Crippen LogP contribution in [-0.2, 0) is 9.84 Å². The molecule has 0 radical (unpaired) electrons. The first-order chi connectivity index (χ1) is 13.8. The smallest absolute Gasteiger partial charge is 0.277 e. The molecule has 1 fully saturated rings. The molecule has 2 amide bonds. The fraction of sp³-hybridized carbons (Fsp3) is 0.316. The standard InChI is InChI=1S/C19H21N3O6S/c1-27-16-10-9-15(17(20-16)28-2)19(24)22-12-4-11-21(22)18(23)13-5-7-14(8-6-13)29(3,25)26/h5-10H,4,11-12H2,1-3H3. The van der Waals surface area contributed by atoms with E-state index in [0.29, 0.717) is 25.4 Å². The molecule has 1 aromatic heterocycles. The van der Waals surface area contributed by atoms with Gasteiger partial charge in [-0.2, -0.15) is 4.98 Å². The van der Waals surface area contributed by atoms with Crippen molar-refractivity contribution in [3.8, 4) is 11.8 Å². The van der Waals surface area contributed by atoms with Crippen LogP contribution in [0.5, 0.6) is 11.8 Å². The summed E-state index contributed by atoms with van der Waals surface area (Å²) in [7, 11) is -0.503. The minimum absolute atomic E-state index is 0.103. The molecule has 0 N–H and O–H groups in total. The van der Waals surface area contributed by atoms with Crippen molar-refractivity contribution in [2.75, 3.05) is 33.6 Å². The first kappa shape index (κ1) is 20.6. The fourth-order valence-corrected chi connectivity index (χ4v) is 3.65. The topological polar surface area (TPSA) is 106 Å². The van der Waals surface area contributed by atoms with Crippen LogP contribution in [0.1, 0.15) is 27.1 Å². The molecule has 1 saturated heterocycles. The highest BCUT2D eigenvalue weighted by Crippen LogP contribution is 2.25. The lowest BCUT2D eigenvalue weighted by molar-refractivity contribution is 0.0183. The molecule has 9 nitrogen and oxygen atoms in total. The van der Waals surface area contributed by atoms with Gasteiger partial charge in [0, 0.05) is 31.0 Å². The quantitative estimate of drug-likeness (QED) is 0.721. The molecule has 3 rings (SSSR count). The van der Waals surface area contributed by atoms with E-state index in [1.807, 2.05) is 0 Å². The minimum Gasteiger partial charge on any atom is -0.481 e. The average molecular weight is 419 g/mol. The lowest BCUT2D eigenvalue weighted by atomic mass is 10.2. The molecular weight excluding hydrogens is 398 g/mol. The monoisotopic (exact) mass is 419 g/mol. The maximum Gasteiger partial charge on any atom is 0.277 e. The second kappa shape index (κ2) is 8.08. The van der Waals surface area contributed by atoms with Gasteiger partial charge in [-0.1, -0.05) is 0 Å². The van der Waals surface area contributed by atoms with Crippen molar-refractivity contribution in [1.82, 2.24) is 15.0 Å². The largest absolute Gasteiger partial charge is 0.481 e. The number of carbonyl (C=O) groups is 2. The Morgan fingerprint density at radius 2 is 1.55 bits per heavy atom. The zero-order valence-corrected chi connectivity index (χ0v) is 17.1. The maximum absolute atomic E-state index is 13.0. The molecule has 0 saturated carbocycles. The third-order valence-electron chi connectivity index (χ3n) is 4.50. The second-order valence-electron chi connectivity index (χ2n) is 6.42. The van der Waals surface area contributed by atoms with Crippen LogP contribution in [0.15, 0.2) is 41.3 Å². The molecule has 154 valence electrons. The Hall–Kier alpha value is -3.14. The number of rotatable bonds is 5. The van der Waals surface area contributed by atoms with E-state index < -0.39 is 21.7 Å². The maximum atomic E-state index is 13.0. The Labute approximate surface area is 168 Å². The molecule has 10 heteroatoms. The number of ether oxygens (including phenoxy) is 2. The van der Waals surface area contributed by atoms with Gasteiger partial charge in [0.05, 0.1) is 19.1 Å². The van der Waals surface area contributed by atoms with Crippen LogP contribution in [0, 0.1) is 0 Å². The molecule has 0 atom stereocenters. The third-order valence-corrected chi connectivity index (χ3v) is 5.63. The Morgan fingerprint density at radius 1 is 0.931 bits per heavy atom. The molecule has 1 aliphatic rings. The summed E-state index contributed by atoms with van der Waals surface area (Å²) in [6.45, 7) is 0.728. The molecule has 1 aliphatic heterocycles. The van der Waals surface area contributed by atoms with Crippen molar-refractivity contribution in [2.45, 2.75) is 11.3 Å². The highest BCUT2D eigenvalue weighted by atomic mass is 32.2. The normalized spacial score (nSPS) is 14.0. The van der Waals surface area contributed by atoms with E-state index in [-0.39, 0.29) is 21.9 Å². The van der Waals surface area contributed by atoms with E-state index in [4.69, 9.17) is 9.47 Å². The summed E-state index contributed by atoms with van der Waals surface area (Å²) in [5.41, 5.74) is 0.498. The van der Waals surface area contributed by atoms with E-state index in [1.54, 1.807) is 6.07 Å². The number of carbonyl (C=O) groups excluding carboxylic acids is 2. The molecular formula is C19H21N3O6S. The lowest BCUT2D eigenvalue weighted by Gasteiger charge is -2.28. The molecule has 0 unspecified atom stereocenters. The van der Waals surface area contributed by atoms with Gasteiger partial charge >= 0.3 is 0 Å². The Morgan fingerprint density at radius 3 is 2.10 bits per heavy atom. The van der Waals surface area contributed by atoms with Crippen molar-refractivity contribution in [3.05, 3.63) is 47.5 Å².